The number of rotatable bonds is 3. The minimum atomic E-state index is -0.533. The van der Waals surface area contributed by atoms with Gasteiger partial charge in [0.15, 0.2) is 0 Å². The highest BCUT2D eigenvalue weighted by atomic mass is 19.1. The molecule has 2 fully saturated rings. The number of hydrogen-bond donors (Lipinski definition) is 1. The van der Waals surface area contributed by atoms with Gasteiger partial charge in [-0.25, -0.2) is 4.39 Å². The Morgan fingerprint density at radius 2 is 2.00 bits per heavy atom. The molecule has 0 aromatic carbocycles. The van der Waals surface area contributed by atoms with Crippen LogP contribution in [0.2, 0.25) is 0 Å². The third-order valence-electron chi connectivity index (χ3n) is 3.20. The summed E-state index contributed by atoms with van der Waals surface area (Å²) in [7, 11) is 0. The lowest BCUT2D eigenvalue weighted by Crippen LogP contribution is -2.36. The topological polar surface area (TPSA) is 12.0 Å². The summed E-state index contributed by atoms with van der Waals surface area (Å²) in [5.74, 6) is 0.892. The second-order valence-corrected chi connectivity index (χ2v) is 4.40. The van der Waals surface area contributed by atoms with Gasteiger partial charge in [-0.2, -0.15) is 0 Å². The fourth-order valence-electron chi connectivity index (χ4n) is 2.18. The lowest BCUT2D eigenvalue weighted by molar-refractivity contribution is 0.326. The Morgan fingerprint density at radius 1 is 1.25 bits per heavy atom. The molecule has 0 radical (unpaired) electrons. The van der Waals surface area contributed by atoms with E-state index in [0.29, 0.717) is 12.1 Å². The van der Waals surface area contributed by atoms with E-state index in [1.807, 2.05) is 0 Å². The van der Waals surface area contributed by atoms with Gasteiger partial charge in [0.05, 0.1) is 0 Å². The summed E-state index contributed by atoms with van der Waals surface area (Å²) in [5.41, 5.74) is 0. The van der Waals surface area contributed by atoms with Gasteiger partial charge in [-0.05, 0) is 44.9 Å². The predicted octanol–water partition coefficient (Wildman–Crippen LogP) is 2.27. The third-order valence-corrected chi connectivity index (χ3v) is 3.20. The average Bonchev–Trinajstić information content (AvgIpc) is 2.78. The van der Waals surface area contributed by atoms with Gasteiger partial charge in [0.2, 0.25) is 0 Å². The molecule has 2 saturated carbocycles. The summed E-state index contributed by atoms with van der Waals surface area (Å²) in [6.07, 6.45) is 4.78. The van der Waals surface area contributed by atoms with Gasteiger partial charge in [0.1, 0.15) is 6.17 Å². The van der Waals surface area contributed by atoms with Crippen molar-refractivity contribution in [2.24, 2.45) is 5.92 Å². The second kappa shape index (κ2) is 3.33. The number of halogens is 1. The van der Waals surface area contributed by atoms with E-state index in [1.165, 1.54) is 12.8 Å². The Bertz CT molecular complexity index is 156. The van der Waals surface area contributed by atoms with E-state index >= 15 is 0 Å². The van der Waals surface area contributed by atoms with Gasteiger partial charge < -0.3 is 5.32 Å². The Balaban J connectivity index is 1.71. The quantitative estimate of drug-likeness (QED) is 0.687. The molecular formula is C10H18FN. The smallest absolute Gasteiger partial charge is 0.102 e. The molecule has 12 heavy (non-hydrogen) atoms. The van der Waals surface area contributed by atoms with Gasteiger partial charge in [-0.15, -0.1) is 0 Å². The normalized spacial score (nSPS) is 38.5. The van der Waals surface area contributed by atoms with Crippen LogP contribution >= 0.6 is 0 Å². The van der Waals surface area contributed by atoms with Crippen LogP contribution in [0.4, 0.5) is 4.39 Å². The van der Waals surface area contributed by atoms with Gasteiger partial charge in [0, 0.05) is 12.1 Å². The molecule has 0 aliphatic heterocycles. The van der Waals surface area contributed by atoms with E-state index in [1.54, 1.807) is 0 Å². The largest absolute Gasteiger partial charge is 0.311 e. The summed E-state index contributed by atoms with van der Waals surface area (Å²) in [4.78, 5) is 0. The lowest BCUT2D eigenvalue weighted by atomic mass is 10.1. The van der Waals surface area contributed by atoms with Crippen molar-refractivity contribution in [1.29, 1.82) is 0 Å². The minimum absolute atomic E-state index is 0.468. The highest BCUT2D eigenvalue weighted by Crippen LogP contribution is 2.33. The first-order valence-corrected chi connectivity index (χ1v) is 5.16. The minimum Gasteiger partial charge on any atom is -0.311 e. The maximum Gasteiger partial charge on any atom is 0.102 e. The number of alkyl halides is 1. The fourth-order valence-corrected chi connectivity index (χ4v) is 2.18. The first-order chi connectivity index (χ1) is 5.75. The predicted molar refractivity (Wildman–Crippen MR) is 47.9 cm³/mol. The van der Waals surface area contributed by atoms with Gasteiger partial charge in [-0.1, -0.05) is 0 Å². The molecule has 0 bridgehead atoms. The van der Waals surface area contributed by atoms with Crippen LogP contribution in [-0.4, -0.2) is 18.3 Å². The van der Waals surface area contributed by atoms with Crippen molar-refractivity contribution >= 4 is 0 Å². The lowest BCUT2D eigenvalue weighted by Gasteiger charge is -2.18. The Morgan fingerprint density at radius 3 is 2.50 bits per heavy atom. The molecule has 2 rings (SSSR count). The molecule has 0 aromatic heterocycles. The molecule has 0 saturated heterocycles. The van der Waals surface area contributed by atoms with E-state index in [0.717, 1.165) is 25.2 Å². The first-order valence-electron chi connectivity index (χ1n) is 5.16. The molecule has 1 N–H and O–H groups in total. The zero-order valence-corrected chi connectivity index (χ0v) is 7.72. The molecule has 1 nitrogen and oxygen atoms in total. The van der Waals surface area contributed by atoms with Crippen molar-refractivity contribution in [3.8, 4) is 0 Å². The molecular weight excluding hydrogens is 153 g/mol. The second-order valence-electron chi connectivity index (χ2n) is 4.40. The summed E-state index contributed by atoms with van der Waals surface area (Å²) in [5, 5.41) is 3.53. The van der Waals surface area contributed by atoms with Gasteiger partial charge >= 0.3 is 0 Å². The maximum atomic E-state index is 12.8. The summed E-state index contributed by atoms with van der Waals surface area (Å²) in [6, 6.07) is 1.09. The molecule has 3 atom stereocenters. The van der Waals surface area contributed by atoms with Crippen LogP contribution in [0.25, 0.3) is 0 Å². The Labute approximate surface area is 73.7 Å². The van der Waals surface area contributed by atoms with Crippen LogP contribution in [-0.2, 0) is 0 Å². The first kappa shape index (κ1) is 8.49. The zero-order valence-electron chi connectivity index (χ0n) is 7.72. The number of hydrogen-bond acceptors (Lipinski definition) is 1. The van der Waals surface area contributed by atoms with Crippen LogP contribution in [0.5, 0.6) is 0 Å². The number of nitrogens with one attached hydrogen (secondary N) is 1. The Kier molecular flexibility index (Phi) is 2.35. The highest BCUT2D eigenvalue weighted by Gasteiger charge is 2.31. The van der Waals surface area contributed by atoms with Crippen molar-refractivity contribution in [1.82, 2.24) is 5.32 Å². The fraction of sp³-hybridized carbons (Fsp3) is 1.00. The average molecular weight is 171 g/mol. The molecule has 70 valence electrons. The SMILES string of the molecule is CC(NC1CCC(F)C1)C1CC1. The zero-order chi connectivity index (χ0) is 8.55. The van der Waals surface area contributed by atoms with Crippen LogP contribution in [0, 0.1) is 5.92 Å². The molecule has 0 amide bonds. The molecule has 2 aliphatic rings. The molecule has 0 aromatic rings. The summed E-state index contributed by atoms with van der Waals surface area (Å²) >= 11 is 0. The maximum absolute atomic E-state index is 12.8. The van der Waals surface area contributed by atoms with E-state index in [4.69, 9.17) is 0 Å². The van der Waals surface area contributed by atoms with Gasteiger partial charge in [0.25, 0.3) is 0 Å². The molecule has 3 unspecified atom stereocenters. The monoisotopic (exact) mass is 171 g/mol. The van der Waals surface area contributed by atoms with Crippen LogP contribution in [0.3, 0.4) is 0 Å². The molecule has 2 heteroatoms. The van der Waals surface area contributed by atoms with Crippen LogP contribution in [0.15, 0.2) is 0 Å². The summed E-state index contributed by atoms with van der Waals surface area (Å²) < 4.78 is 12.8. The van der Waals surface area contributed by atoms with Crippen LogP contribution in [0.1, 0.15) is 39.0 Å². The molecule has 2 aliphatic carbocycles. The third kappa shape index (κ3) is 1.98. The van der Waals surface area contributed by atoms with Gasteiger partial charge in [-0.3, -0.25) is 0 Å². The van der Waals surface area contributed by atoms with Crippen molar-refractivity contribution < 1.29 is 4.39 Å². The summed E-state index contributed by atoms with van der Waals surface area (Å²) in [6.45, 7) is 2.24. The van der Waals surface area contributed by atoms with Crippen molar-refractivity contribution in [2.45, 2.75) is 57.3 Å². The van der Waals surface area contributed by atoms with Crippen molar-refractivity contribution in [3.63, 3.8) is 0 Å². The molecule has 0 spiro atoms. The van der Waals surface area contributed by atoms with Crippen LogP contribution < -0.4 is 5.32 Å². The van der Waals surface area contributed by atoms with Crippen molar-refractivity contribution in [3.05, 3.63) is 0 Å². The molecule has 0 heterocycles. The highest BCUT2D eigenvalue weighted by molar-refractivity contribution is 4.88. The van der Waals surface area contributed by atoms with Crippen molar-refractivity contribution in [2.75, 3.05) is 0 Å². The standard InChI is InChI=1S/C10H18FN/c1-7(8-2-3-8)12-10-5-4-9(11)6-10/h7-10,12H,2-6H2,1H3. The van der Waals surface area contributed by atoms with E-state index in [2.05, 4.69) is 12.2 Å². The van der Waals surface area contributed by atoms with E-state index in [9.17, 15) is 4.39 Å². The van der Waals surface area contributed by atoms with E-state index < -0.39 is 6.17 Å². The Hall–Kier alpha value is -0.110. The van der Waals surface area contributed by atoms with E-state index in [-0.39, 0.29) is 0 Å².